The maximum absolute atomic E-state index is 12.1. The molecule has 2 aromatic rings. The molecule has 1 amide bonds. The van der Waals surface area contributed by atoms with Crippen molar-refractivity contribution in [3.05, 3.63) is 53.9 Å². The van der Waals surface area contributed by atoms with Crippen LogP contribution < -0.4 is 11.1 Å². The van der Waals surface area contributed by atoms with Crippen molar-refractivity contribution in [2.45, 2.75) is 13.3 Å². The van der Waals surface area contributed by atoms with E-state index in [0.29, 0.717) is 12.2 Å². The van der Waals surface area contributed by atoms with Crippen LogP contribution in [0, 0.1) is 6.92 Å². The van der Waals surface area contributed by atoms with E-state index >= 15 is 0 Å². The number of nitrogens with zero attached hydrogens (tertiary/aromatic N) is 2. The van der Waals surface area contributed by atoms with Crippen LogP contribution in [0.3, 0.4) is 0 Å². The first-order chi connectivity index (χ1) is 10.5. The minimum atomic E-state index is -0.0442. The highest BCUT2D eigenvalue weighted by atomic mass is 16.2. The topological polar surface area (TPSA) is 71.2 Å². The van der Waals surface area contributed by atoms with E-state index < -0.39 is 0 Å². The minimum absolute atomic E-state index is 0.0442. The number of nitrogens with one attached hydrogen (secondary N) is 1. The Morgan fingerprint density at radius 2 is 2.14 bits per heavy atom. The van der Waals surface area contributed by atoms with Crippen LogP contribution in [-0.4, -0.2) is 35.9 Å². The zero-order valence-corrected chi connectivity index (χ0v) is 13.0. The Balaban J connectivity index is 1.82. The van der Waals surface area contributed by atoms with Crippen molar-refractivity contribution in [2.75, 3.05) is 31.2 Å². The molecule has 0 unspecified atom stereocenters. The Morgan fingerprint density at radius 3 is 2.86 bits per heavy atom. The number of hydrogen-bond donors (Lipinski definition) is 2. The molecule has 0 fully saturated rings. The lowest BCUT2D eigenvalue weighted by Gasteiger charge is -2.16. The lowest BCUT2D eigenvalue weighted by atomic mass is 10.2. The molecule has 0 spiro atoms. The number of carbonyl (C=O) groups excluding carboxylic acids is 1. The summed E-state index contributed by atoms with van der Waals surface area (Å²) < 4.78 is 0. The lowest BCUT2D eigenvalue weighted by molar-refractivity contribution is -0.117. The van der Waals surface area contributed by atoms with Gasteiger partial charge in [0.15, 0.2) is 0 Å². The van der Waals surface area contributed by atoms with Crippen molar-refractivity contribution >= 4 is 17.3 Å². The molecule has 3 N–H and O–H groups in total. The van der Waals surface area contributed by atoms with Gasteiger partial charge in [0.05, 0.1) is 6.54 Å². The number of rotatable bonds is 6. The van der Waals surface area contributed by atoms with E-state index in [9.17, 15) is 4.79 Å². The molecule has 5 nitrogen and oxygen atoms in total. The van der Waals surface area contributed by atoms with Gasteiger partial charge in [0.2, 0.25) is 5.91 Å². The van der Waals surface area contributed by atoms with E-state index in [0.717, 1.165) is 29.9 Å². The molecule has 0 aliphatic carbocycles. The molecular weight excluding hydrogens is 276 g/mol. The molecule has 0 bridgehead atoms. The molecule has 0 saturated heterocycles. The smallest absolute Gasteiger partial charge is 0.238 e. The van der Waals surface area contributed by atoms with Gasteiger partial charge in [-0.25, -0.2) is 0 Å². The molecule has 0 aliphatic rings. The summed E-state index contributed by atoms with van der Waals surface area (Å²) in [4.78, 5) is 18.3. The number of amides is 1. The molecule has 0 saturated carbocycles. The number of benzene rings is 1. The van der Waals surface area contributed by atoms with Gasteiger partial charge in [0.25, 0.3) is 0 Å². The first-order valence-electron chi connectivity index (χ1n) is 7.29. The Labute approximate surface area is 131 Å². The number of aryl methyl sites for hydroxylation is 1. The normalized spacial score (nSPS) is 10.7. The number of aromatic nitrogens is 1. The summed E-state index contributed by atoms with van der Waals surface area (Å²) in [6, 6.07) is 11.4. The fourth-order valence-corrected chi connectivity index (χ4v) is 2.14. The summed E-state index contributed by atoms with van der Waals surface area (Å²) >= 11 is 0. The number of likely N-dealkylation sites (N-methyl/N-ethyl adjacent to an activating group) is 1. The highest BCUT2D eigenvalue weighted by molar-refractivity contribution is 5.93. The highest BCUT2D eigenvalue weighted by Gasteiger charge is 2.09. The molecule has 22 heavy (non-hydrogen) atoms. The number of hydrogen-bond acceptors (Lipinski definition) is 4. The summed E-state index contributed by atoms with van der Waals surface area (Å²) in [5, 5.41) is 2.90. The second-order valence-corrected chi connectivity index (χ2v) is 5.43. The van der Waals surface area contributed by atoms with E-state index in [2.05, 4.69) is 10.3 Å². The highest BCUT2D eigenvalue weighted by Crippen LogP contribution is 2.17. The summed E-state index contributed by atoms with van der Waals surface area (Å²) in [6.45, 7) is 3.06. The Morgan fingerprint density at radius 1 is 1.32 bits per heavy atom. The average Bonchev–Trinajstić information content (AvgIpc) is 2.50. The largest absolute Gasteiger partial charge is 0.399 e. The maximum atomic E-state index is 12.1. The molecule has 0 aliphatic heterocycles. The second-order valence-electron chi connectivity index (χ2n) is 5.43. The molecule has 2 rings (SSSR count). The minimum Gasteiger partial charge on any atom is -0.399 e. The van der Waals surface area contributed by atoms with Crippen molar-refractivity contribution in [3.8, 4) is 0 Å². The Kier molecular flexibility index (Phi) is 5.49. The third-order valence-electron chi connectivity index (χ3n) is 3.43. The van der Waals surface area contributed by atoms with Gasteiger partial charge in [-0.1, -0.05) is 12.1 Å². The second kappa shape index (κ2) is 7.56. The first kappa shape index (κ1) is 16.0. The first-order valence-corrected chi connectivity index (χ1v) is 7.29. The van der Waals surface area contributed by atoms with Crippen LogP contribution in [0.5, 0.6) is 0 Å². The van der Waals surface area contributed by atoms with Crippen LogP contribution in [0.4, 0.5) is 11.4 Å². The molecule has 1 aromatic carbocycles. The van der Waals surface area contributed by atoms with Crippen molar-refractivity contribution in [1.29, 1.82) is 0 Å². The van der Waals surface area contributed by atoms with Gasteiger partial charge in [-0.15, -0.1) is 0 Å². The summed E-state index contributed by atoms with van der Waals surface area (Å²) in [7, 11) is 1.93. The molecule has 1 heterocycles. The monoisotopic (exact) mass is 298 g/mol. The molecule has 1 aromatic heterocycles. The summed E-state index contributed by atoms with van der Waals surface area (Å²) in [5.41, 5.74) is 9.19. The predicted octanol–water partition coefficient (Wildman–Crippen LogP) is 2.09. The predicted molar refractivity (Wildman–Crippen MR) is 89.7 cm³/mol. The molecule has 0 radical (unpaired) electrons. The van der Waals surface area contributed by atoms with Crippen LogP contribution in [0.1, 0.15) is 11.3 Å². The van der Waals surface area contributed by atoms with Crippen LogP contribution in [-0.2, 0) is 11.2 Å². The molecular formula is C17H22N4O. The van der Waals surface area contributed by atoms with E-state index in [1.54, 1.807) is 12.3 Å². The number of anilines is 2. The van der Waals surface area contributed by atoms with Gasteiger partial charge in [0, 0.05) is 36.2 Å². The van der Waals surface area contributed by atoms with Gasteiger partial charge < -0.3 is 11.1 Å². The van der Waals surface area contributed by atoms with Crippen LogP contribution >= 0.6 is 0 Å². The van der Waals surface area contributed by atoms with Crippen LogP contribution in [0.15, 0.2) is 42.6 Å². The maximum Gasteiger partial charge on any atom is 0.238 e. The van der Waals surface area contributed by atoms with Gasteiger partial charge in [-0.2, -0.15) is 0 Å². The van der Waals surface area contributed by atoms with Crippen LogP contribution in [0.25, 0.3) is 0 Å². The van der Waals surface area contributed by atoms with E-state index in [4.69, 9.17) is 5.73 Å². The number of nitrogens with two attached hydrogens (primary N) is 1. The standard InChI is InChI=1S/C17H22N4O/c1-13-6-7-14(18)11-16(13)20-17(22)12-21(2)10-8-15-5-3-4-9-19-15/h3-7,9,11H,8,10,12,18H2,1-2H3,(H,20,22). The molecule has 0 atom stereocenters. The zero-order chi connectivity index (χ0) is 15.9. The third-order valence-corrected chi connectivity index (χ3v) is 3.43. The van der Waals surface area contributed by atoms with E-state index in [-0.39, 0.29) is 5.91 Å². The van der Waals surface area contributed by atoms with Crippen molar-refractivity contribution in [2.24, 2.45) is 0 Å². The quantitative estimate of drug-likeness (QED) is 0.801. The van der Waals surface area contributed by atoms with E-state index in [1.807, 2.05) is 49.2 Å². The van der Waals surface area contributed by atoms with Gasteiger partial charge >= 0.3 is 0 Å². The van der Waals surface area contributed by atoms with Gasteiger partial charge in [-0.05, 0) is 43.8 Å². The molecule has 116 valence electrons. The van der Waals surface area contributed by atoms with Crippen molar-refractivity contribution in [3.63, 3.8) is 0 Å². The van der Waals surface area contributed by atoms with Gasteiger partial charge in [-0.3, -0.25) is 14.7 Å². The molecule has 5 heteroatoms. The van der Waals surface area contributed by atoms with Crippen molar-refractivity contribution in [1.82, 2.24) is 9.88 Å². The van der Waals surface area contributed by atoms with Crippen molar-refractivity contribution < 1.29 is 4.79 Å². The Hall–Kier alpha value is -2.40. The fraction of sp³-hybridized carbons (Fsp3) is 0.294. The fourth-order valence-electron chi connectivity index (χ4n) is 2.14. The average molecular weight is 298 g/mol. The van der Waals surface area contributed by atoms with Crippen LogP contribution in [0.2, 0.25) is 0 Å². The summed E-state index contributed by atoms with van der Waals surface area (Å²) in [5.74, 6) is -0.0442. The SMILES string of the molecule is Cc1ccc(N)cc1NC(=O)CN(C)CCc1ccccn1. The summed E-state index contributed by atoms with van der Waals surface area (Å²) in [6.07, 6.45) is 2.60. The zero-order valence-electron chi connectivity index (χ0n) is 13.0. The van der Waals surface area contributed by atoms with Gasteiger partial charge in [0.1, 0.15) is 0 Å². The number of pyridine rings is 1. The number of nitrogen functional groups attached to an aromatic ring is 1. The lowest BCUT2D eigenvalue weighted by Crippen LogP contribution is -2.31. The van der Waals surface area contributed by atoms with E-state index in [1.165, 1.54) is 0 Å². The number of carbonyl (C=O) groups is 1. The Bertz CT molecular complexity index is 628. The third kappa shape index (κ3) is 4.86.